The quantitative estimate of drug-likeness (QED) is 0.526. The molecular weight excluding hydrogens is 448 g/mol. The lowest BCUT2D eigenvalue weighted by atomic mass is 9.47. The highest BCUT2D eigenvalue weighted by atomic mass is 16.6. The number of fused-ring (bicyclic) bond motifs is 5. The first-order valence-corrected chi connectivity index (χ1v) is 13.0. The van der Waals surface area contributed by atoms with E-state index in [1.54, 1.807) is 0 Å². The molecule has 8 atom stereocenters. The molecule has 5 rings (SSSR count). The van der Waals surface area contributed by atoms with Gasteiger partial charge in [0.1, 0.15) is 11.8 Å². The number of hydrogen-bond donors (Lipinski definition) is 3. The Morgan fingerprint density at radius 1 is 1.17 bits per heavy atom. The van der Waals surface area contributed by atoms with Crippen molar-refractivity contribution in [2.45, 2.75) is 83.5 Å². The molecule has 0 spiro atoms. The molecule has 0 aromatic heterocycles. The SMILES string of the molecule is C[C@]12C=C/C(=N/OCC(=O)N3C[C@H](O)C[C@H]3C(=O)O)C=C1CC[C@@H]1[C@@H]2CC[C@@]2(C)[C@H]1CC[C@]2(C)O. The van der Waals surface area contributed by atoms with Gasteiger partial charge in [0.05, 0.1) is 11.7 Å². The second kappa shape index (κ2) is 8.44. The van der Waals surface area contributed by atoms with Crippen molar-refractivity contribution in [1.29, 1.82) is 0 Å². The standard InChI is InChI=1S/C27H38N2O6/c1-25-9-6-17(28-35-15-23(31)29-14-18(30)13-22(29)24(32)33)12-16(25)4-5-19-20(25)7-10-26(2)21(19)8-11-27(26,3)34/h6,9,12,18-22,30,34H,4-5,7-8,10-11,13-15H2,1-3H3,(H,32,33)/b28-17-/t18-,19-,20+,21+,22+,25+,26+,27+/m1/s1. The fourth-order valence-electron chi connectivity index (χ4n) is 8.08. The van der Waals surface area contributed by atoms with E-state index in [-0.39, 0.29) is 30.4 Å². The summed E-state index contributed by atoms with van der Waals surface area (Å²) in [4.78, 5) is 30.3. The molecule has 0 aromatic rings. The number of aliphatic carboxylic acids is 1. The van der Waals surface area contributed by atoms with Gasteiger partial charge in [-0.3, -0.25) is 4.79 Å². The number of aliphatic hydroxyl groups excluding tert-OH is 1. The largest absolute Gasteiger partial charge is 0.480 e. The van der Waals surface area contributed by atoms with Crippen LogP contribution in [0, 0.1) is 28.6 Å². The summed E-state index contributed by atoms with van der Waals surface area (Å²) in [6, 6.07) is -1.03. The van der Waals surface area contributed by atoms with Crippen molar-refractivity contribution >= 4 is 17.6 Å². The van der Waals surface area contributed by atoms with E-state index in [0.717, 1.165) is 43.4 Å². The average molecular weight is 487 g/mol. The number of oxime groups is 1. The number of carboxylic acids is 1. The number of hydrogen-bond acceptors (Lipinski definition) is 6. The molecule has 8 heteroatoms. The van der Waals surface area contributed by atoms with Crippen molar-refractivity contribution in [2.75, 3.05) is 13.2 Å². The Balaban J connectivity index is 1.25. The molecule has 0 unspecified atom stereocenters. The van der Waals surface area contributed by atoms with Gasteiger partial charge in [0.25, 0.3) is 5.91 Å². The number of carbonyl (C=O) groups excluding carboxylic acids is 1. The van der Waals surface area contributed by atoms with Crippen LogP contribution in [0.2, 0.25) is 0 Å². The number of rotatable bonds is 4. The summed E-state index contributed by atoms with van der Waals surface area (Å²) in [5.41, 5.74) is 1.39. The predicted molar refractivity (Wildman–Crippen MR) is 129 cm³/mol. The third-order valence-electron chi connectivity index (χ3n) is 10.4. The van der Waals surface area contributed by atoms with Crippen LogP contribution in [0.15, 0.2) is 29.0 Å². The lowest BCUT2D eigenvalue weighted by Gasteiger charge is -2.58. The molecule has 8 nitrogen and oxygen atoms in total. The molecule has 4 fully saturated rings. The van der Waals surface area contributed by atoms with E-state index < -0.39 is 29.6 Å². The molecule has 1 aliphatic heterocycles. The summed E-state index contributed by atoms with van der Waals surface area (Å²) in [6.07, 6.45) is 11.8. The second-order valence-corrected chi connectivity index (χ2v) is 12.0. The molecule has 1 saturated heterocycles. The van der Waals surface area contributed by atoms with Gasteiger partial charge in [0.2, 0.25) is 0 Å². The number of likely N-dealkylation sites (tertiary alicyclic amines) is 1. The van der Waals surface area contributed by atoms with Gasteiger partial charge in [-0.05, 0) is 80.8 Å². The molecule has 192 valence electrons. The fraction of sp³-hybridized carbons (Fsp3) is 0.741. The van der Waals surface area contributed by atoms with Crippen molar-refractivity contribution in [2.24, 2.45) is 33.7 Å². The summed E-state index contributed by atoms with van der Waals surface area (Å²) in [5.74, 6) is 0.101. The summed E-state index contributed by atoms with van der Waals surface area (Å²) in [6.45, 7) is 6.30. The molecule has 3 N–H and O–H groups in total. The van der Waals surface area contributed by atoms with E-state index in [0.29, 0.717) is 23.5 Å². The first kappa shape index (κ1) is 24.5. The van der Waals surface area contributed by atoms with Gasteiger partial charge in [-0.15, -0.1) is 0 Å². The van der Waals surface area contributed by atoms with Crippen molar-refractivity contribution in [3.63, 3.8) is 0 Å². The Bertz CT molecular complexity index is 1000. The number of aliphatic hydroxyl groups is 2. The van der Waals surface area contributed by atoms with Gasteiger partial charge in [0, 0.05) is 18.4 Å². The zero-order valence-electron chi connectivity index (χ0n) is 20.9. The van der Waals surface area contributed by atoms with Crippen molar-refractivity contribution in [3.05, 3.63) is 23.8 Å². The Kier molecular flexibility index (Phi) is 5.91. The number of carbonyl (C=O) groups is 2. The van der Waals surface area contributed by atoms with Crippen molar-refractivity contribution in [3.8, 4) is 0 Å². The van der Waals surface area contributed by atoms with E-state index in [1.807, 2.05) is 13.0 Å². The highest BCUT2D eigenvalue weighted by Crippen LogP contribution is 2.66. The minimum Gasteiger partial charge on any atom is -0.480 e. The van der Waals surface area contributed by atoms with Crippen LogP contribution < -0.4 is 0 Å². The first-order chi connectivity index (χ1) is 16.5. The molecule has 0 aromatic carbocycles. The topological polar surface area (TPSA) is 120 Å². The van der Waals surface area contributed by atoms with Crippen LogP contribution in [0.1, 0.15) is 65.7 Å². The van der Waals surface area contributed by atoms with Crippen LogP contribution in [0.3, 0.4) is 0 Å². The molecule has 0 bridgehead atoms. The van der Waals surface area contributed by atoms with E-state index in [2.05, 4.69) is 31.2 Å². The number of β-amino-alcohol motifs (C(OH)–C–C–N with tert-alkyl or cyclic N) is 1. The maximum atomic E-state index is 12.5. The van der Waals surface area contributed by atoms with Gasteiger partial charge in [-0.2, -0.15) is 0 Å². The molecule has 0 radical (unpaired) electrons. The number of amides is 1. The van der Waals surface area contributed by atoms with Crippen LogP contribution in [-0.2, 0) is 14.4 Å². The predicted octanol–water partition coefficient (Wildman–Crippen LogP) is 2.90. The molecule has 5 aliphatic rings. The first-order valence-electron chi connectivity index (χ1n) is 13.0. The van der Waals surface area contributed by atoms with Crippen molar-refractivity contribution in [1.82, 2.24) is 4.90 Å². The summed E-state index contributed by atoms with van der Waals surface area (Å²) >= 11 is 0. The Hall–Kier alpha value is -2.19. The Labute approximate surface area is 206 Å². The third-order valence-corrected chi connectivity index (χ3v) is 10.4. The number of carboxylic acid groups (broad SMARTS) is 1. The average Bonchev–Trinajstić information content (AvgIpc) is 3.31. The molecule has 35 heavy (non-hydrogen) atoms. The zero-order chi connectivity index (χ0) is 25.2. The minimum atomic E-state index is -1.12. The molecule has 3 saturated carbocycles. The monoisotopic (exact) mass is 486 g/mol. The van der Waals surface area contributed by atoms with E-state index >= 15 is 0 Å². The van der Waals surface area contributed by atoms with E-state index in [9.17, 15) is 24.9 Å². The van der Waals surface area contributed by atoms with Gasteiger partial charge in [-0.1, -0.05) is 30.7 Å². The van der Waals surface area contributed by atoms with Crippen LogP contribution in [0.25, 0.3) is 0 Å². The summed E-state index contributed by atoms with van der Waals surface area (Å²) in [5, 5.41) is 34.3. The fourth-order valence-corrected chi connectivity index (χ4v) is 8.08. The van der Waals surface area contributed by atoms with Gasteiger partial charge in [0.15, 0.2) is 6.61 Å². The van der Waals surface area contributed by atoms with E-state index in [1.165, 1.54) is 5.57 Å². The van der Waals surface area contributed by atoms with Crippen LogP contribution >= 0.6 is 0 Å². The van der Waals surface area contributed by atoms with E-state index in [4.69, 9.17) is 4.84 Å². The molecule has 1 heterocycles. The zero-order valence-corrected chi connectivity index (χ0v) is 20.9. The van der Waals surface area contributed by atoms with Gasteiger partial charge in [-0.25, -0.2) is 4.79 Å². The Morgan fingerprint density at radius 2 is 1.91 bits per heavy atom. The Morgan fingerprint density at radius 3 is 2.66 bits per heavy atom. The van der Waals surface area contributed by atoms with Crippen LogP contribution in [0.5, 0.6) is 0 Å². The maximum Gasteiger partial charge on any atom is 0.326 e. The lowest BCUT2D eigenvalue weighted by molar-refractivity contribution is -0.150. The normalized spacial score (nSPS) is 45.5. The van der Waals surface area contributed by atoms with Gasteiger partial charge >= 0.3 is 5.97 Å². The summed E-state index contributed by atoms with van der Waals surface area (Å²) in [7, 11) is 0. The summed E-state index contributed by atoms with van der Waals surface area (Å²) < 4.78 is 0. The highest BCUT2D eigenvalue weighted by Gasteiger charge is 2.62. The number of nitrogens with zero attached hydrogens (tertiary/aromatic N) is 2. The molecular formula is C27H38N2O6. The smallest absolute Gasteiger partial charge is 0.326 e. The number of allylic oxidation sites excluding steroid dienone is 4. The highest BCUT2D eigenvalue weighted by molar-refractivity contribution is 6.05. The van der Waals surface area contributed by atoms with Crippen molar-refractivity contribution < 1.29 is 29.7 Å². The minimum absolute atomic E-state index is 0.00214. The van der Waals surface area contributed by atoms with Crippen LogP contribution in [-0.4, -0.2) is 68.7 Å². The third kappa shape index (κ3) is 3.84. The maximum absolute atomic E-state index is 12.5. The second-order valence-electron chi connectivity index (χ2n) is 12.0. The van der Waals surface area contributed by atoms with Gasteiger partial charge < -0.3 is 25.1 Å². The van der Waals surface area contributed by atoms with Crippen LogP contribution in [0.4, 0.5) is 0 Å². The lowest BCUT2D eigenvalue weighted by Crippen LogP contribution is -2.53. The molecule has 4 aliphatic carbocycles. The molecule has 1 amide bonds.